The van der Waals surface area contributed by atoms with Gasteiger partial charge in [-0.2, -0.15) is 0 Å². The van der Waals surface area contributed by atoms with Crippen LogP contribution in [0.25, 0.3) is 116 Å². The lowest BCUT2D eigenvalue weighted by atomic mass is 9.89. The first-order chi connectivity index (χ1) is 29.2. The molecule has 0 aliphatic carbocycles. The Kier molecular flexibility index (Phi) is 7.50. The first-order valence-electron chi connectivity index (χ1n) is 20.0. The van der Waals surface area contributed by atoms with Gasteiger partial charge in [-0.1, -0.05) is 176 Å². The highest BCUT2D eigenvalue weighted by Crippen LogP contribution is 2.42. The van der Waals surface area contributed by atoms with Gasteiger partial charge in [0.05, 0.1) is 11.0 Å². The van der Waals surface area contributed by atoms with Gasteiger partial charge in [-0.05, 0) is 79.2 Å². The summed E-state index contributed by atoms with van der Waals surface area (Å²) in [6.45, 7) is 0. The number of fused-ring (bicyclic) bond motifs is 10. The van der Waals surface area contributed by atoms with Gasteiger partial charge in [0.25, 0.3) is 0 Å². The van der Waals surface area contributed by atoms with E-state index in [1.807, 2.05) is 36.4 Å². The summed E-state index contributed by atoms with van der Waals surface area (Å²) in [5, 5.41) is 12.0. The van der Waals surface area contributed by atoms with E-state index in [0.717, 1.165) is 49.7 Å². The zero-order valence-corrected chi connectivity index (χ0v) is 31.9. The van der Waals surface area contributed by atoms with Crippen LogP contribution in [-0.4, -0.2) is 19.5 Å². The summed E-state index contributed by atoms with van der Waals surface area (Å²) in [5.41, 5.74) is 8.68. The molecular weight excluding hydrogens is 717 g/mol. The molecule has 4 heteroatoms. The van der Waals surface area contributed by atoms with Crippen LogP contribution in [0, 0.1) is 0 Å². The molecular formula is C55H34N4. The molecule has 0 unspecified atom stereocenters. The van der Waals surface area contributed by atoms with Gasteiger partial charge < -0.3 is 4.57 Å². The Morgan fingerprint density at radius 3 is 1.58 bits per heavy atom. The molecule has 0 amide bonds. The van der Waals surface area contributed by atoms with Crippen molar-refractivity contribution >= 4 is 64.9 Å². The van der Waals surface area contributed by atoms with Crippen LogP contribution >= 0.6 is 0 Å². The quantitative estimate of drug-likeness (QED) is 0.165. The van der Waals surface area contributed by atoms with E-state index in [1.165, 1.54) is 48.7 Å². The zero-order valence-electron chi connectivity index (χ0n) is 31.9. The van der Waals surface area contributed by atoms with E-state index >= 15 is 0 Å². The molecule has 12 rings (SSSR count). The minimum Gasteiger partial charge on any atom is -0.309 e. The molecule has 4 nitrogen and oxygen atoms in total. The Morgan fingerprint density at radius 2 is 0.831 bits per heavy atom. The Bertz CT molecular complexity index is 3550. The molecule has 2 heterocycles. The SMILES string of the molecule is c1ccc(-c2nc(-c3ccccc3)nc(-c3cccc4c5ccccc5c5ccc(-c6ccc7c8ccccc8n(-c8ccc9ccccc9c8)c7c6)cc5c34)n2)cc1. The van der Waals surface area contributed by atoms with E-state index in [9.17, 15) is 0 Å². The third-order valence-electron chi connectivity index (χ3n) is 11.8. The van der Waals surface area contributed by atoms with Crippen LogP contribution in [0.4, 0.5) is 0 Å². The first-order valence-corrected chi connectivity index (χ1v) is 20.0. The molecule has 59 heavy (non-hydrogen) atoms. The largest absolute Gasteiger partial charge is 0.309 e. The molecule has 0 fully saturated rings. The summed E-state index contributed by atoms with van der Waals surface area (Å²) in [6, 6.07) is 73.6. The van der Waals surface area contributed by atoms with E-state index < -0.39 is 0 Å². The van der Waals surface area contributed by atoms with E-state index in [-0.39, 0.29) is 0 Å². The van der Waals surface area contributed by atoms with Crippen LogP contribution in [-0.2, 0) is 0 Å². The maximum absolute atomic E-state index is 5.20. The minimum atomic E-state index is 0.645. The number of rotatable bonds is 5. The Balaban J connectivity index is 1.11. The molecule has 0 aliphatic rings. The van der Waals surface area contributed by atoms with Crippen LogP contribution in [0.5, 0.6) is 0 Å². The number of hydrogen-bond acceptors (Lipinski definition) is 3. The fourth-order valence-electron chi connectivity index (χ4n) is 9.04. The van der Waals surface area contributed by atoms with Gasteiger partial charge in [0.2, 0.25) is 0 Å². The molecule has 0 atom stereocenters. The van der Waals surface area contributed by atoms with Gasteiger partial charge in [0.15, 0.2) is 17.5 Å². The number of para-hydroxylation sites is 1. The lowest BCUT2D eigenvalue weighted by Gasteiger charge is -2.16. The lowest BCUT2D eigenvalue weighted by Crippen LogP contribution is -2.00. The maximum atomic E-state index is 5.20. The van der Waals surface area contributed by atoms with Crippen LogP contribution in [0.2, 0.25) is 0 Å². The molecule has 0 spiro atoms. The summed E-state index contributed by atoms with van der Waals surface area (Å²) in [4.78, 5) is 15.4. The molecule has 0 aliphatic heterocycles. The number of benzene rings is 10. The Labute approximate surface area is 340 Å². The predicted octanol–water partition coefficient (Wildman–Crippen LogP) is 14.2. The minimum absolute atomic E-state index is 0.645. The van der Waals surface area contributed by atoms with Crippen LogP contribution in [0.3, 0.4) is 0 Å². The second kappa shape index (κ2) is 13.3. The molecule has 0 saturated heterocycles. The molecule has 12 aromatic rings. The van der Waals surface area contributed by atoms with Crippen molar-refractivity contribution in [2.24, 2.45) is 0 Å². The highest BCUT2D eigenvalue weighted by atomic mass is 15.0. The van der Waals surface area contributed by atoms with Gasteiger partial charge in [0.1, 0.15) is 0 Å². The van der Waals surface area contributed by atoms with E-state index in [2.05, 4.69) is 174 Å². The second-order valence-corrected chi connectivity index (χ2v) is 15.2. The number of aromatic nitrogens is 4. The summed E-state index contributed by atoms with van der Waals surface area (Å²) in [7, 11) is 0. The average Bonchev–Trinajstić information content (AvgIpc) is 3.65. The van der Waals surface area contributed by atoms with Crippen molar-refractivity contribution in [3.8, 4) is 51.0 Å². The van der Waals surface area contributed by atoms with Crippen LogP contribution in [0.1, 0.15) is 0 Å². The summed E-state index contributed by atoms with van der Waals surface area (Å²) < 4.78 is 2.41. The van der Waals surface area contributed by atoms with Gasteiger partial charge in [-0.25, -0.2) is 15.0 Å². The Hall–Kier alpha value is -7.95. The average molecular weight is 751 g/mol. The topological polar surface area (TPSA) is 43.6 Å². The van der Waals surface area contributed by atoms with Crippen molar-refractivity contribution in [2.45, 2.75) is 0 Å². The van der Waals surface area contributed by atoms with Crippen LogP contribution in [0.15, 0.2) is 206 Å². The van der Waals surface area contributed by atoms with Crippen molar-refractivity contribution < 1.29 is 0 Å². The predicted molar refractivity (Wildman–Crippen MR) is 246 cm³/mol. The monoisotopic (exact) mass is 750 g/mol. The highest BCUT2D eigenvalue weighted by molar-refractivity contribution is 6.28. The summed E-state index contributed by atoms with van der Waals surface area (Å²) >= 11 is 0. The normalized spacial score (nSPS) is 11.7. The molecule has 0 radical (unpaired) electrons. The highest BCUT2D eigenvalue weighted by Gasteiger charge is 2.19. The van der Waals surface area contributed by atoms with Crippen molar-refractivity contribution in [1.29, 1.82) is 0 Å². The van der Waals surface area contributed by atoms with E-state index in [0.29, 0.717) is 17.5 Å². The molecule has 2 aromatic heterocycles. The van der Waals surface area contributed by atoms with Gasteiger partial charge in [0, 0.05) is 38.5 Å². The zero-order chi connectivity index (χ0) is 38.9. The first kappa shape index (κ1) is 33.2. The standard InChI is InChI=1S/C55H34N4/c1-3-15-36(16-4-1)53-56-54(37-17-5-2-6-18-37)58-55(57-53)48-24-13-23-47-43-21-10-9-20-42(43)44-30-27-39(33-49(44)52(47)48)40-28-31-46-45-22-11-12-25-50(45)59(51(46)34-40)41-29-26-35-14-7-8-19-38(35)32-41/h1-34H. The lowest BCUT2D eigenvalue weighted by molar-refractivity contribution is 1.08. The van der Waals surface area contributed by atoms with Crippen molar-refractivity contribution in [1.82, 2.24) is 19.5 Å². The van der Waals surface area contributed by atoms with Crippen LogP contribution < -0.4 is 0 Å². The van der Waals surface area contributed by atoms with Crippen molar-refractivity contribution in [3.63, 3.8) is 0 Å². The molecule has 0 N–H and O–H groups in total. The van der Waals surface area contributed by atoms with E-state index in [1.54, 1.807) is 0 Å². The Morgan fingerprint density at radius 1 is 0.288 bits per heavy atom. The molecule has 10 aromatic carbocycles. The molecule has 0 saturated carbocycles. The molecule has 0 bridgehead atoms. The summed E-state index contributed by atoms with van der Waals surface area (Å²) in [5.74, 6) is 1.94. The third-order valence-corrected chi connectivity index (χ3v) is 11.8. The van der Waals surface area contributed by atoms with Crippen molar-refractivity contribution in [2.75, 3.05) is 0 Å². The fourth-order valence-corrected chi connectivity index (χ4v) is 9.04. The van der Waals surface area contributed by atoms with Gasteiger partial charge in [-0.3, -0.25) is 0 Å². The number of hydrogen-bond donors (Lipinski definition) is 0. The molecule has 274 valence electrons. The maximum Gasteiger partial charge on any atom is 0.164 e. The van der Waals surface area contributed by atoms with E-state index in [4.69, 9.17) is 15.0 Å². The smallest absolute Gasteiger partial charge is 0.164 e. The van der Waals surface area contributed by atoms with Crippen molar-refractivity contribution in [3.05, 3.63) is 206 Å². The van der Waals surface area contributed by atoms with Gasteiger partial charge >= 0.3 is 0 Å². The third kappa shape index (κ3) is 5.42. The van der Waals surface area contributed by atoms with Gasteiger partial charge in [-0.15, -0.1) is 0 Å². The fraction of sp³-hybridized carbons (Fsp3) is 0. The second-order valence-electron chi connectivity index (χ2n) is 15.2. The number of nitrogens with zero attached hydrogens (tertiary/aromatic N) is 4. The summed E-state index contributed by atoms with van der Waals surface area (Å²) in [6.07, 6.45) is 0.